The first kappa shape index (κ1) is 22.4. The first-order valence-corrected chi connectivity index (χ1v) is 10.6. The quantitative estimate of drug-likeness (QED) is 0.629. The zero-order valence-electron chi connectivity index (χ0n) is 17.8. The number of nitrogens with zero attached hydrogens (tertiary/aromatic N) is 2. The summed E-state index contributed by atoms with van der Waals surface area (Å²) in [6, 6.07) is 8.07. The van der Waals surface area contributed by atoms with Crippen LogP contribution in [-0.2, 0) is 6.54 Å². The Morgan fingerprint density at radius 1 is 1.18 bits per heavy atom. The maximum absolute atomic E-state index is 12.6. The maximum atomic E-state index is 12.6. The molecule has 2 rings (SSSR count). The van der Waals surface area contributed by atoms with Crippen LogP contribution in [0.4, 0.5) is 0 Å². The number of pyridine rings is 1. The maximum Gasteiger partial charge on any atom is 0.253 e. The van der Waals surface area contributed by atoms with Crippen LogP contribution in [0.2, 0.25) is 0 Å². The van der Waals surface area contributed by atoms with E-state index in [1.54, 1.807) is 0 Å². The molecule has 0 fully saturated rings. The van der Waals surface area contributed by atoms with Crippen molar-refractivity contribution in [3.63, 3.8) is 0 Å². The van der Waals surface area contributed by atoms with Gasteiger partial charge in [0.25, 0.3) is 5.56 Å². The molecule has 5 nitrogen and oxygen atoms in total. The van der Waals surface area contributed by atoms with Gasteiger partial charge in [0.05, 0.1) is 6.54 Å². The van der Waals surface area contributed by atoms with Crippen molar-refractivity contribution in [1.29, 1.82) is 0 Å². The van der Waals surface area contributed by atoms with Crippen LogP contribution < -0.4 is 10.9 Å². The lowest BCUT2D eigenvalue weighted by Crippen LogP contribution is -2.45. The van der Waals surface area contributed by atoms with Gasteiger partial charge < -0.3 is 20.1 Å². The van der Waals surface area contributed by atoms with Gasteiger partial charge in [0.15, 0.2) is 5.11 Å². The predicted octanol–water partition coefficient (Wildman–Crippen LogP) is 3.51. The molecule has 0 radical (unpaired) electrons. The van der Waals surface area contributed by atoms with Crippen LogP contribution in [0.5, 0.6) is 0 Å². The van der Waals surface area contributed by atoms with E-state index >= 15 is 0 Å². The normalized spacial score (nSPS) is 11.4. The Morgan fingerprint density at radius 2 is 1.89 bits per heavy atom. The van der Waals surface area contributed by atoms with E-state index in [0.717, 1.165) is 49.2 Å². The largest absolute Gasteiger partial charge is 0.362 e. The van der Waals surface area contributed by atoms with Gasteiger partial charge in [-0.1, -0.05) is 39.3 Å². The van der Waals surface area contributed by atoms with E-state index < -0.39 is 0 Å². The second-order valence-corrected chi connectivity index (χ2v) is 8.13. The second kappa shape index (κ2) is 10.6. The Hall–Kier alpha value is -1.92. The van der Waals surface area contributed by atoms with E-state index in [0.29, 0.717) is 17.6 Å². The minimum absolute atomic E-state index is 0.0455. The fourth-order valence-corrected chi connectivity index (χ4v) is 3.39. The summed E-state index contributed by atoms with van der Waals surface area (Å²) in [5, 5.41) is 5.12. The highest BCUT2D eigenvalue weighted by Gasteiger charge is 2.15. The van der Waals surface area contributed by atoms with E-state index in [1.165, 1.54) is 5.56 Å². The lowest BCUT2D eigenvalue weighted by molar-refractivity contribution is 0.263. The van der Waals surface area contributed by atoms with Crippen LogP contribution in [0.25, 0.3) is 10.9 Å². The van der Waals surface area contributed by atoms with Gasteiger partial charge in [-0.3, -0.25) is 4.79 Å². The van der Waals surface area contributed by atoms with Crippen LogP contribution in [0.15, 0.2) is 29.1 Å². The smallest absolute Gasteiger partial charge is 0.253 e. The number of benzene rings is 1. The van der Waals surface area contributed by atoms with Crippen LogP contribution in [0.3, 0.4) is 0 Å². The van der Waals surface area contributed by atoms with Gasteiger partial charge in [0.1, 0.15) is 0 Å². The summed E-state index contributed by atoms with van der Waals surface area (Å²) in [5.74, 6) is 0.509. The average molecular weight is 403 g/mol. The highest BCUT2D eigenvalue weighted by molar-refractivity contribution is 7.80. The summed E-state index contributed by atoms with van der Waals surface area (Å²) < 4.78 is 0. The molecular weight excluding hydrogens is 368 g/mol. The number of thiocarbonyl (C=S) groups is 1. The summed E-state index contributed by atoms with van der Waals surface area (Å²) in [7, 11) is 0. The number of aromatic nitrogens is 1. The standard InChI is InChI=1S/C22H34N4OS/c1-6-25(7-2)10-11-26(22(28)23-14-16(3)4)15-19-13-18-12-17(5)8-9-20(18)24-21(19)27/h8-9,12-13,16H,6-7,10-11,14-15H2,1-5H3,(H,23,28)(H,24,27). The fraction of sp³-hybridized carbons (Fsp3) is 0.545. The molecule has 0 saturated carbocycles. The first-order chi connectivity index (χ1) is 13.3. The van der Waals surface area contributed by atoms with Gasteiger partial charge in [-0.25, -0.2) is 0 Å². The van der Waals surface area contributed by atoms with E-state index in [2.05, 4.69) is 60.8 Å². The molecule has 0 aliphatic carbocycles. The Morgan fingerprint density at radius 3 is 2.54 bits per heavy atom. The first-order valence-electron chi connectivity index (χ1n) is 10.2. The van der Waals surface area contributed by atoms with Crippen molar-refractivity contribution in [3.8, 4) is 0 Å². The fourth-order valence-electron chi connectivity index (χ4n) is 3.15. The minimum Gasteiger partial charge on any atom is -0.362 e. The molecule has 0 spiro atoms. The number of rotatable bonds is 9. The lowest BCUT2D eigenvalue weighted by Gasteiger charge is -2.29. The van der Waals surface area contributed by atoms with Crippen LogP contribution in [0, 0.1) is 12.8 Å². The van der Waals surface area contributed by atoms with Crippen LogP contribution >= 0.6 is 12.2 Å². The summed E-state index contributed by atoms with van der Waals surface area (Å²) in [6.45, 7) is 15.8. The molecule has 6 heteroatoms. The van der Waals surface area contributed by atoms with Crippen LogP contribution in [-0.4, -0.2) is 52.6 Å². The van der Waals surface area contributed by atoms with E-state index in [9.17, 15) is 4.79 Å². The molecule has 2 N–H and O–H groups in total. The van der Waals surface area contributed by atoms with Crippen molar-refractivity contribution in [2.75, 3.05) is 32.7 Å². The summed E-state index contributed by atoms with van der Waals surface area (Å²) >= 11 is 5.66. The number of fused-ring (bicyclic) bond motifs is 1. The molecule has 0 bridgehead atoms. The molecule has 0 amide bonds. The Bertz CT molecular complexity index is 842. The number of hydrogen-bond acceptors (Lipinski definition) is 3. The average Bonchev–Trinajstić information content (AvgIpc) is 2.66. The highest BCUT2D eigenvalue weighted by atomic mass is 32.1. The van der Waals surface area contributed by atoms with E-state index in [4.69, 9.17) is 12.2 Å². The topological polar surface area (TPSA) is 51.4 Å². The molecule has 1 aromatic carbocycles. The third kappa shape index (κ3) is 6.31. The summed E-state index contributed by atoms with van der Waals surface area (Å²) in [4.78, 5) is 20.1. The highest BCUT2D eigenvalue weighted by Crippen LogP contribution is 2.14. The van der Waals surface area contributed by atoms with Gasteiger partial charge in [-0.15, -0.1) is 0 Å². The zero-order valence-corrected chi connectivity index (χ0v) is 18.7. The number of aromatic amines is 1. The molecular formula is C22H34N4OS. The lowest BCUT2D eigenvalue weighted by atomic mass is 10.1. The van der Waals surface area contributed by atoms with Crippen molar-refractivity contribution in [3.05, 3.63) is 45.7 Å². The van der Waals surface area contributed by atoms with Crippen molar-refractivity contribution >= 4 is 28.2 Å². The molecule has 154 valence electrons. The number of aryl methyl sites for hydroxylation is 1. The Labute approximate surface area is 174 Å². The number of likely N-dealkylation sites (N-methyl/N-ethyl adjacent to an activating group) is 1. The second-order valence-electron chi connectivity index (χ2n) is 7.74. The van der Waals surface area contributed by atoms with Crippen molar-refractivity contribution < 1.29 is 0 Å². The molecule has 1 heterocycles. The molecule has 0 aliphatic rings. The molecule has 1 aromatic heterocycles. The number of H-pyrrole nitrogens is 1. The van der Waals surface area contributed by atoms with Gasteiger partial charge in [-0.2, -0.15) is 0 Å². The predicted molar refractivity (Wildman–Crippen MR) is 123 cm³/mol. The third-order valence-electron chi connectivity index (χ3n) is 4.97. The summed E-state index contributed by atoms with van der Waals surface area (Å²) in [5.41, 5.74) is 2.75. The minimum atomic E-state index is -0.0455. The third-order valence-corrected chi connectivity index (χ3v) is 5.37. The van der Waals surface area contributed by atoms with Gasteiger partial charge >= 0.3 is 0 Å². The molecule has 2 aromatic rings. The van der Waals surface area contributed by atoms with Crippen LogP contribution in [0.1, 0.15) is 38.8 Å². The van der Waals surface area contributed by atoms with E-state index in [1.807, 2.05) is 18.2 Å². The van der Waals surface area contributed by atoms with Gasteiger partial charge in [-0.05, 0) is 61.7 Å². The molecule has 0 unspecified atom stereocenters. The molecule has 0 saturated heterocycles. The monoisotopic (exact) mass is 402 g/mol. The number of nitrogens with one attached hydrogen (secondary N) is 2. The van der Waals surface area contributed by atoms with Crippen molar-refractivity contribution in [1.82, 2.24) is 20.1 Å². The molecule has 0 atom stereocenters. The Kier molecular flexibility index (Phi) is 8.45. The molecule has 0 aliphatic heterocycles. The van der Waals surface area contributed by atoms with E-state index in [-0.39, 0.29) is 5.56 Å². The Balaban J connectivity index is 2.24. The van der Waals surface area contributed by atoms with Crippen molar-refractivity contribution in [2.45, 2.75) is 41.2 Å². The zero-order chi connectivity index (χ0) is 20.7. The SMILES string of the molecule is CCN(CC)CCN(Cc1cc2cc(C)ccc2[nH]c1=O)C(=S)NCC(C)C. The van der Waals surface area contributed by atoms with Gasteiger partial charge in [0, 0.05) is 30.7 Å². The molecule has 28 heavy (non-hydrogen) atoms. The summed E-state index contributed by atoms with van der Waals surface area (Å²) in [6.07, 6.45) is 0. The van der Waals surface area contributed by atoms with Gasteiger partial charge in [0.2, 0.25) is 0 Å². The number of hydrogen-bond donors (Lipinski definition) is 2. The van der Waals surface area contributed by atoms with Crippen molar-refractivity contribution in [2.24, 2.45) is 5.92 Å².